The van der Waals surface area contributed by atoms with Crippen LogP contribution in [0.3, 0.4) is 0 Å². The smallest absolute Gasteiger partial charge is 0.343 e. The van der Waals surface area contributed by atoms with Crippen LogP contribution < -0.4 is 0 Å². The van der Waals surface area contributed by atoms with E-state index in [1.807, 2.05) is 11.8 Å². The van der Waals surface area contributed by atoms with Gasteiger partial charge in [-0.15, -0.1) is 0 Å². The first-order chi connectivity index (χ1) is 10.9. The molecule has 2 unspecified atom stereocenters. The maximum absolute atomic E-state index is 12.5. The Balaban J connectivity index is 1.63. The van der Waals surface area contributed by atoms with E-state index in [1.165, 1.54) is 18.4 Å². The molecule has 3 rings (SSSR count). The van der Waals surface area contributed by atoms with E-state index in [0.29, 0.717) is 10.6 Å². The second kappa shape index (κ2) is 6.63. The van der Waals surface area contributed by atoms with Crippen molar-refractivity contribution in [2.75, 3.05) is 37.7 Å². The Bertz CT molecular complexity index is 570. The number of thioether (sulfide) groups is 1. The quantitative estimate of drug-likeness (QED) is 0.667. The number of nitrogens with zero attached hydrogens (tertiary/aromatic N) is 1. The third-order valence-electron chi connectivity index (χ3n) is 5.01. The average molecular weight is 357 g/mol. The SMILES string of the molecule is CC(O)(C(=O)OC1CC[N+]2(CCSCC2)C1)c1ccc(Cl)cc1. The number of benzene rings is 1. The summed E-state index contributed by atoms with van der Waals surface area (Å²) in [6.07, 6.45) is 0.789. The Hall–Kier alpha value is -0.750. The number of hydrogen-bond acceptors (Lipinski definition) is 4. The summed E-state index contributed by atoms with van der Waals surface area (Å²) >= 11 is 7.86. The number of hydrogen-bond donors (Lipinski definition) is 1. The van der Waals surface area contributed by atoms with E-state index in [1.54, 1.807) is 24.3 Å². The molecule has 1 N–H and O–H groups in total. The minimum Gasteiger partial charge on any atom is -0.454 e. The molecule has 0 aliphatic carbocycles. The number of quaternary nitrogens is 1. The molecule has 1 aromatic rings. The number of aliphatic hydroxyl groups is 1. The van der Waals surface area contributed by atoms with E-state index >= 15 is 0 Å². The first-order valence-corrected chi connectivity index (χ1v) is 9.57. The number of ether oxygens (including phenoxy) is 1. The lowest BCUT2D eigenvalue weighted by atomic mass is 9.96. The third-order valence-corrected chi connectivity index (χ3v) is 6.21. The minimum atomic E-state index is -1.64. The second-order valence-corrected chi connectivity index (χ2v) is 8.36. The van der Waals surface area contributed by atoms with Crippen LogP contribution in [0, 0.1) is 0 Å². The lowest BCUT2D eigenvalue weighted by Crippen LogP contribution is -2.52. The van der Waals surface area contributed by atoms with Crippen LogP contribution in [0.2, 0.25) is 5.02 Å². The zero-order valence-corrected chi connectivity index (χ0v) is 14.9. The fourth-order valence-electron chi connectivity index (χ4n) is 3.42. The van der Waals surface area contributed by atoms with Crippen LogP contribution in [0.15, 0.2) is 24.3 Å². The summed E-state index contributed by atoms with van der Waals surface area (Å²) in [6, 6.07) is 6.65. The maximum atomic E-state index is 12.5. The van der Waals surface area contributed by atoms with Crippen LogP contribution >= 0.6 is 23.4 Å². The third kappa shape index (κ3) is 3.68. The van der Waals surface area contributed by atoms with E-state index in [2.05, 4.69) is 0 Å². The summed E-state index contributed by atoms with van der Waals surface area (Å²) in [5.74, 6) is 1.79. The molecular formula is C17H23ClNO3S+. The van der Waals surface area contributed by atoms with E-state index in [9.17, 15) is 9.90 Å². The number of carbonyl (C=O) groups is 1. The molecule has 2 fully saturated rings. The molecule has 0 amide bonds. The van der Waals surface area contributed by atoms with Gasteiger partial charge < -0.3 is 14.3 Å². The summed E-state index contributed by atoms with van der Waals surface area (Å²) in [4.78, 5) is 12.5. The van der Waals surface area contributed by atoms with Gasteiger partial charge in [0.15, 0.2) is 11.7 Å². The average Bonchev–Trinajstić information content (AvgIpc) is 2.90. The first kappa shape index (κ1) is 17.1. The van der Waals surface area contributed by atoms with Crippen molar-refractivity contribution in [2.24, 2.45) is 0 Å². The summed E-state index contributed by atoms with van der Waals surface area (Å²) in [5.41, 5.74) is -1.14. The van der Waals surface area contributed by atoms with Gasteiger partial charge in [0.05, 0.1) is 19.6 Å². The summed E-state index contributed by atoms with van der Waals surface area (Å²) in [6.45, 7) is 5.75. The second-order valence-electron chi connectivity index (χ2n) is 6.70. The van der Waals surface area contributed by atoms with Crippen LogP contribution in [0.5, 0.6) is 0 Å². The standard InChI is InChI=1S/C17H23ClNO3S/c1-17(21,13-2-4-14(18)5-3-13)16(20)22-15-6-7-19(12-15)8-10-23-11-9-19/h2-5,15,21H,6-12H2,1H3/q+1. The van der Waals surface area contributed by atoms with Gasteiger partial charge in [-0.3, -0.25) is 0 Å². The van der Waals surface area contributed by atoms with Crippen molar-refractivity contribution < 1.29 is 19.1 Å². The van der Waals surface area contributed by atoms with Gasteiger partial charge >= 0.3 is 5.97 Å². The molecule has 0 aromatic heterocycles. The molecule has 1 spiro atoms. The highest BCUT2D eigenvalue weighted by Gasteiger charge is 2.43. The Labute approximate surface area is 146 Å². The van der Waals surface area contributed by atoms with Gasteiger partial charge in [-0.1, -0.05) is 23.7 Å². The molecule has 0 bridgehead atoms. The van der Waals surface area contributed by atoms with Crippen molar-refractivity contribution in [2.45, 2.75) is 25.0 Å². The molecule has 2 saturated heterocycles. The molecule has 2 atom stereocenters. The predicted octanol–water partition coefficient (Wildman–Crippen LogP) is 2.43. The van der Waals surface area contributed by atoms with Gasteiger partial charge in [-0.25, -0.2) is 4.79 Å². The zero-order chi connectivity index (χ0) is 16.5. The number of halogens is 1. The normalized spacial score (nSPS) is 26.0. The van der Waals surface area contributed by atoms with Crippen molar-refractivity contribution in [1.29, 1.82) is 0 Å². The van der Waals surface area contributed by atoms with E-state index in [4.69, 9.17) is 16.3 Å². The minimum absolute atomic E-state index is 0.0932. The largest absolute Gasteiger partial charge is 0.454 e. The molecule has 0 radical (unpaired) electrons. The van der Waals surface area contributed by atoms with Gasteiger partial charge in [-0.05, 0) is 24.6 Å². The highest BCUT2D eigenvalue weighted by molar-refractivity contribution is 7.99. The molecule has 4 nitrogen and oxygen atoms in total. The topological polar surface area (TPSA) is 46.5 Å². The van der Waals surface area contributed by atoms with Gasteiger partial charge in [-0.2, -0.15) is 11.8 Å². The van der Waals surface area contributed by atoms with E-state index in [-0.39, 0.29) is 6.10 Å². The monoisotopic (exact) mass is 356 g/mol. The maximum Gasteiger partial charge on any atom is 0.343 e. The van der Waals surface area contributed by atoms with Gasteiger partial charge in [0, 0.05) is 22.9 Å². The highest BCUT2D eigenvalue weighted by atomic mass is 35.5. The van der Waals surface area contributed by atoms with Crippen molar-refractivity contribution in [1.82, 2.24) is 0 Å². The van der Waals surface area contributed by atoms with Gasteiger partial charge in [0.1, 0.15) is 6.54 Å². The molecule has 1 aromatic carbocycles. The first-order valence-electron chi connectivity index (χ1n) is 8.04. The summed E-state index contributed by atoms with van der Waals surface area (Å²) in [7, 11) is 0. The van der Waals surface area contributed by atoms with Crippen molar-refractivity contribution in [3.8, 4) is 0 Å². The fraction of sp³-hybridized carbons (Fsp3) is 0.588. The number of carbonyl (C=O) groups excluding carboxylic acids is 1. The van der Waals surface area contributed by atoms with E-state index < -0.39 is 11.6 Å². The van der Waals surface area contributed by atoms with Crippen LogP contribution in [-0.4, -0.2) is 59.3 Å². The van der Waals surface area contributed by atoms with Crippen LogP contribution in [0.4, 0.5) is 0 Å². The summed E-state index contributed by atoms with van der Waals surface area (Å²) in [5, 5.41) is 11.2. The Morgan fingerprint density at radius 3 is 2.61 bits per heavy atom. The zero-order valence-electron chi connectivity index (χ0n) is 13.3. The lowest BCUT2D eigenvalue weighted by molar-refractivity contribution is -0.914. The molecule has 2 aliphatic rings. The Morgan fingerprint density at radius 2 is 1.96 bits per heavy atom. The molecule has 0 saturated carbocycles. The lowest BCUT2D eigenvalue weighted by Gasteiger charge is -2.37. The van der Waals surface area contributed by atoms with Crippen molar-refractivity contribution >= 4 is 29.3 Å². The molecular weight excluding hydrogens is 334 g/mol. The summed E-state index contributed by atoms with van der Waals surface area (Å²) < 4.78 is 6.71. The molecule has 6 heteroatoms. The Morgan fingerprint density at radius 1 is 1.30 bits per heavy atom. The van der Waals surface area contributed by atoms with Gasteiger partial charge in [0.25, 0.3) is 0 Å². The molecule has 23 heavy (non-hydrogen) atoms. The fourth-order valence-corrected chi connectivity index (χ4v) is 4.79. The van der Waals surface area contributed by atoms with Crippen LogP contribution in [-0.2, 0) is 15.1 Å². The van der Waals surface area contributed by atoms with Crippen LogP contribution in [0.1, 0.15) is 18.9 Å². The number of rotatable bonds is 3. The predicted molar refractivity (Wildman–Crippen MR) is 92.6 cm³/mol. The van der Waals surface area contributed by atoms with Crippen molar-refractivity contribution in [3.63, 3.8) is 0 Å². The Kier molecular flexibility index (Phi) is 4.93. The molecule has 126 valence electrons. The van der Waals surface area contributed by atoms with E-state index in [0.717, 1.165) is 37.1 Å². The van der Waals surface area contributed by atoms with Gasteiger partial charge in [0.2, 0.25) is 0 Å². The van der Waals surface area contributed by atoms with Crippen LogP contribution in [0.25, 0.3) is 0 Å². The molecule has 2 aliphatic heterocycles. The highest BCUT2D eigenvalue weighted by Crippen LogP contribution is 2.29. The molecule has 2 heterocycles. The number of esters is 1. The van der Waals surface area contributed by atoms with Crippen molar-refractivity contribution in [3.05, 3.63) is 34.9 Å².